The number of carbonyl (C=O) groups is 1. The molecule has 2 unspecified atom stereocenters. The first-order valence-corrected chi connectivity index (χ1v) is 9.43. The largest absolute Gasteiger partial charge is 0.368 e. The van der Waals surface area contributed by atoms with Gasteiger partial charge in [-0.3, -0.25) is 4.79 Å². The average Bonchev–Trinajstić information content (AvgIpc) is 3.38. The van der Waals surface area contributed by atoms with Crippen molar-refractivity contribution in [2.75, 3.05) is 10.6 Å². The van der Waals surface area contributed by atoms with Gasteiger partial charge in [0.25, 0.3) is 0 Å². The summed E-state index contributed by atoms with van der Waals surface area (Å²) in [6, 6.07) is 11.5. The van der Waals surface area contributed by atoms with Crippen molar-refractivity contribution in [1.82, 2.24) is 20.4 Å². The molecule has 1 aromatic heterocycles. The van der Waals surface area contributed by atoms with Crippen LogP contribution in [-0.4, -0.2) is 21.6 Å². The number of hydrogen-bond donors (Lipinski definition) is 4. The van der Waals surface area contributed by atoms with Gasteiger partial charge in [0.1, 0.15) is 5.82 Å². The second kappa shape index (κ2) is 8.02. The van der Waals surface area contributed by atoms with Crippen molar-refractivity contribution in [3.05, 3.63) is 72.1 Å². The maximum absolute atomic E-state index is 14.3. The van der Waals surface area contributed by atoms with Gasteiger partial charge < -0.3 is 15.2 Å². The van der Waals surface area contributed by atoms with Crippen LogP contribution in [0.15, 0.2) is 55.1 Å². The molecule has 3 aromatic rings. The lowest BCUT2D eigenvalue weighted by atomic mass is 10.0. The maximum Gasteiger partial charge on any atom is 0.221 e. The summed E-state index contributed by atoms with van der Waals surface area (Å²) in [5.41, 5.74) is 10.4. The molecule has 0 spiro atoms. The smallest absolute Gasteiger partial charge is 0.221 e. The van der Waals surface area contributed by atoms with E-state index in [1.54, 1.807) is 18.6 Å². The SMILES string of the molecule is CC(=O)Nc1cc(C)c(NC2CC(c3ccc(-n4ccnc4)cc3)NN2)cc1F. The number of rotatable bonds is 5. The first-order chi connectivity index (χ1) is 14.0. The number of nitrogens with one attached hydrogen (secondary N) is 4. The fourth-order valence-electron chi connectivity index (χ4n) is 3.47. The third-order valence-electron chi connectivity index (χ3n) is 4.96. The van der Waals surface area contributed by atoms with Gasteiger partial charge >= 0.3 is 0 Å². The van der Waals surface area contributed by atoms with Gasteiger partial charge in [0.2, 0.25) is 5.91 Å². The summed E-state index contributed by atoms with van der Waals surface area (Å²) in [4.78, 5) is 15.2. The van der Waals surface area contributed by atoms with E-state index in [1.807, 2.05) is 17.7 Å². The molecule has 0 aliphatic carbocycles. The average molecular weight is 394 g/mol. The van der Waals surface area contributed by atoms with Gasteiger partial charge in [-0.15, -0.1) is 0 Å². The minimum absolute atomic E-state index is 0.0574. The standard InChI is InChI=1S/C21H23FN6O/c1-13-9-20(24-14(2)29)17(22)10-18(13)25-21-11-19(26-27-21)15-3-5-16(6-4-15)28-8-7-23-12-28/h3-10,12,19,21,25-27H,11H2,1-2H3,(H,24,29). The van der Waals surface area contributed by atoms with Crippen LogP contribution in [0.4, 0.5) is 15.8 Å². The second-order valence-corrected chi connectivity index (χ2v) is 7.16. The number of hydrazine groups is 1. The number of halogens is 1. The molecule has 1 fully saturated rings. The van der Waals surface area contributed by atoms with Crippen LogP contribution in [0.3, 0.4) is 0 Å². The highest BCUT2D eigenvalue weighted by Crippen LogP contribution is 2.28. The van der Waals surface area contributed by atoms with Crippen molar-refractivity contribution in [1.29, 1.82) is 0 Å². The Morgan fingerprint density at radius 1 is 1.21 bits per heavy atom. The Morgan fingerprint density at radius 3 is 2.69 bits per heavy atom. The maximum atomic E-state index is 14.3. The first-order valence-electron chi connectivity index (χ1n) is 9.43. The van der Waals surface area contributed by atoms with Gasteiger partial charge in [-0.05, 0) is 42.3 Å². The highest BCUT2D eigenvalue weighted by atomic mass is 19.1. The summed E-state index contributed by atoms with van der Waals surface area (Å²) in [5, 5.41) is 5.83. The second-order valence-electron chi connectivity index (χ2n) is 7.16. The molecule has 0 bridgehead atoms. The Kier molecular flexibility index (Phi) is 5.28. The van der Waals surface area contributed by atoms with E-state index in [0.29, 0.717) is 5.69 Å². The van der Waals surface area contributed by atoms with E-state index < -0.39 is 5.82 Å². The molecule has 150 valence electrons. The molecule has 29 heavy (non-hydrogen) atoms. The normalized spacial score (nSPS) is 18.6. The van der Waals surface area contributed by atoms with Gasteiger partial charge in [-0.25, -0.2) is 20.2 Å². The van der Waals surface area contributed by atoms with E-state index in [4.69, 9.17) is 0 Å². The van der Waals surface area contributed by atoms with Crippen molar-refractivity contribution in [3.8, 4) is 5.69 Å². The Morgan fingerprint density at radius 2 is 2.00 bits per heavy atom. The molecule has 4 N–H and O–H groups in total. The van der Waals surface area contributed by atoms with Crippen LogP contribution in [0.2, 0.25) is 0 Å². The topological polar surface area (TPSA) is 83.0 Å². The Hall–Kier alpha value is -3.23. The number of aromatic nitrogens is 2. The van der Waals surface area contributed by atoms with Crippen LogP contribution in [0, 0.1) is 12.7 Å². The van der Waals surface area contributed by atoms with Gasteiger partial charge in [-0.2, -0.15) is 0 Å². The van der Waals surface area contributed by atoms with Gasteiger partial charge in [0, 0.05) is 43.2 Å². The third kappa shape index (κ3) is 4.28. The van der Waals surface area contributed by atoms with Gasteiger partial charge in [-0.1, -0.05) is 12.1 Å². The molecule has 0 radical (unpaired) electrons. The summed E-state index contributed by atoms with van der Waals surface area (Å²) < 4.78 is 16.2. The number of anilines is 2. The zero-order chi connectivity index (χ0) is 20.4. The van der Waals surface area contributed by atoms with Crippen LogP contribution in [0.5, 0.6) is 0 Å². The number of imidazole rings is 1. The van der Waals surface area contributed by atoms with Gasteiger partial charge in [0.15, 0.2) is 0 Å². The number of carbonyl (C=O) groups excluding carboxylic acids is 1. The third-order valence-corrected chi connectivity index (χ3v) is 4.96. The zero-order valence-corrected chi connectivity index (χ0v) is 16.2. The van der Waals surface area contributed by atoms with Crippen molar-refractivity contribution < 1.29 is 9.18 Å². The first kappa shape index (κ1) is 19.1. The van der Waals surface area contributed by atoms with Gasteiger partial charge in [0.05, 0.1) is 18.2 Å². The van der Waals surface area contributed by atoms with E-state index >= 15 is 0 Å². The molecule has 2 aromatic carbocycles. The fraction of sp³-hybridized carbons (Fsp3) is 0.238. The predicted octanol–water partition coefficient (Wildman–Crippen LogP) is 3.26. The summed E-state index contributed by atoms with van der Waals surface area (Å²) in [7, 11) is 0. The van der Waals surface area contributed by atoms with E-state index in [-0.39, 0.29) is 23.8 Å². The van der Waals surface area contributed by atoms with Crippen LogP contribution < -0.4 is 21.5 Å². The van der Waals surface area contributed by atoms with Crippen molar-refractivity contribution in [2.24, 2.45) is 0 Å². The summed E-state index contributed by atoms with van der Waals surface area (Å²) in [5.74, 6) is -0.765. The zero-order valence-electron chi connectivity index (χ0n) is 16.2. The molecule has 2 atom stereocenters. The lowest BCUT2D eigenvalue weighted by molar-refractivity contribution is -0.114. The summed E-state index contributed by atoms with van der Waals surface area (Å²) in [6.45, 7) is 3.24. The summed E-state index contributed by atoms with van der Waals surface area (Å²) >= 11 is 0. The number of hydrogen-bond acceptors (Lipinski definition) is 5. The Bertz CT molecular complexity index is 1000. The summed E-state index contributed by atoms with van der Waals surface area (Å²) in [6.07, 6.45) is 6.16. The highest BCUT2D eigenvalue weighted by molar-refractivity contribution is 5.89. The molecule has 4 rings (SSSR count). The monoisotopic (exact) mass is 394 g/mol. The van der Waals surface area contributed by atoms with E-state index in [1.165, 1.54) is 13.0 Å². The van der Waals surface area contributed by atoms with E-state index in [2.05, 4.69) is 50.7 Å². The molecule has 1 aliphatic rings. The molecular weight excluding hydrogens is 371 g/mol. The molecule has 2 heterocycles. The minimum Gasteiger partial charge on any atom is -0.368 e. The van der Waals surface area contributed by atoms with E-state index in [0.717, 1.165) is 23.2 Å². The minimum atomic E-state index is -0.467. The van der Waals surface area contributed by atoms with Crippen LogP contribution in [-0.2, 0) is 4.79 Å². The molecule has 8 heteroatoms. The van der Waals surface area contributed by atoms with E-state index in [9.17, 15) is 9.18 Å². The van der Waals surface area contributed by atoms with Crippen molar-refractivity contribution in [2.45, 2.75) is 32.5 Å². The number of amides is 1. The molecule has 0 saturated carbocycles. The van der Waals surface area contributed by atoms with Crippen molar-refractivity contribution in [3.63, 3.8) is 0 Å². The number of benzene rings is 2. The van der Waals surface area contributed by atoms with Crippen LogP contribution >= 0.6 is 0 Å². The lowest BCUT2D eigenvalue weighted by Crippen LogP contribution is -2.36. The molecular formula is C21H23FN6O. The number of nitrogens with zero attached hydrogens (tertiary/aromatic N) is 2. The van der Waals surface area contributed by atoms with Crippen LogP contribution in [0.25, 0.3) is 5.69 Å². The quantitative estimate of drug-likeness (QED) is 0.534. The fourth-order valence-corrected chi connectivity index (χ4v) is 3.47. The number of aryl methyl sites for hydroxylation is 1. The Balaban J connectivity index is 1.41. The van der Waals surface area contributed by atoms with Crippen LogP contribution in [0.1, 0.15) is 30.5 Å². The molecule has 1 amide bonds. The predicted molar refractivity (Wildman–Crippen MR) is 110 cm³/mol. The van der Waals surface area contributed by atoms with Crippen molar-refractivity contribution >= 4 is 17.3 Å². The Labute approximate surface area is 168 Å². The molecule has 1 saturated heterocycles. The highest BCUT2D eigenvalue weighted by Gasteiger charge is 2.25. The molecule has 1 aliphatic heterocycles. The lowest BCUT2D eigenvalue weighted by Gasteiger charge is -2.17. The molecule has 7 nitrogen and oxygen atoms in total.